The van der Waals surface area contributed by atoms with Crippen LogP contribution in [0.25, 0.3) is 11.0 Å². The lowest BCUT2D eigenvalue weighted by Crippen LogP contribution is -2.12. The lowest BCUT2D eigenvalue weighted by Gasteiger charge is -2.16. The highest BCUT2D eigenvalue weighted by molar-refractivity contribution is 6.30. The van der Waals surface area contributed by atoms with Crippen molar-refractivity contribution in [3.05, 3.63) is 59.4 Å². The third-order valence-electron chi connectivity index (χ3n) is 3.62. The van der Waals surface area contributed by atoms with Gasteiger partial charge in [0.2, 0.25) is 0 Å². The summed E-state index contributed by atoms with van der Waals surface area (Å²) in [5.41, 5.74) is 2.17. The van der Waals surface area contributed by atoms with Gasteiger partial charge in [0, 0.05) is 11.6 Å². The molecule has 0 N–H and O–H groups in total. The van der Waals surface area contributed by atoms with Crippen molar-refractivity contribution in [1.82, 2.24) is 9.55 Å². The Hall–Kier alpha value is -2.00. The second-order valence-electron chi connectivity index (χ2n) is 5.32. The minimum Gasteiger partial charge on any atom is -0.483 e. The van der Waals surface area contributed by atoms with E-state index >= 15 is 0 Å². The summed E-state index contributed by atoms with van der Waals surface area (Å²) in [5.74, 6) is 1.75. The number of rotatable bonds is 5. The normalized spacial score (nSPS) is 12.5. The number of aryl methyl sites for hydroxylation is 1. The zero-order chi connectivity index (χ0) is 15.5. The van der Waals surface area contributed by atoms with Gasteiger partial charge in [-0.05, 0) is 49.7 Å². The van der Waals surface area contributed by atoms with Crippen LogP contribution in [0.2, 0.25) is 5.02 Å². The molecule has 0 amide bonds. The second-order valence-corrected chi connectivity index (χ2v) is 5.76. The molecule has 1 heterocycles. The van der Waals surface area contributed by atoms with Crippen molar-refractivity contribution < 1.29 is 4.74 Å². The average Bonchev–Trinajstić information content (AvgIpc) is 2.89. The van der Waals surface area contributed by atoms with Crippen LogP contribution in [0.4, 0.5) is 0 Å². The number of imidazole rings is 1. The minimum absolute atomic E-state index is 0.125. The minimum atomic E-state index is -0.125. The summed E-state index contributed by atoms with van der Waals surface area (Å²) in [4.78, 5) is 4.76. The maximum Gasteiger partial charge on any atom is 0.153 e. The van der Waals surface area contributed by atoms with Crippen molar-refractivity contribution in [2.75, 3.05) is 0 Å². The molecule has 114 valence electrons. The summed E-state index contributed by atoms with van der Waals surface area (Å²) >= 11 is 5.91. The average molecular weight is 315 g/mol. The molecule has 0 aliphatic heterocycles. The molecule has 2 aromatic carbocycles. The Morgan fingerprint density at radius 2 is 1.86 bits per heavy atom. The van der Waals surface area contributed by atoms with Crippen LogP contribution in [0, 0.1) is 0 Å². The van der Waals surface area contributed by atoms with E-state index < -0.39 is 0 Å². The summed E-state index contributed by atoms with van der Waals surface area (Å²) in [6.45, 7) is 5.13. The van der Waals surface area contributed by atoms with Gasteiger partial charge in [0.15, 0.2) is 11.9 Å². The first kappa shape index (κ1) is 14.9. The Bertz CT molecular complexity index is 764. The molecular formula is C18H19ClN2O. The van der Waals surface area contributed by atoms with E-state index in [-0.39, 0.29) is 6.10 Å². The molecule has 1 atom stereocenters. The van der Waals surface area contributed by atoms with E-state index in [1.807, 2.05) is 49.4 Å². The van der Waals surface area contributed by atoms with Crippen LogP contribution in [0.5, 0.6) is 5.75 Å². The molecule has 0 spiro atoms. The maximum atomic E-state index is 6.03. The molecule has 4 heteroatoms. The second kappa shape index (κ2) is 6.41. The quantitative estimate of drug-likeness (QED) is 0.644. The van der Waals surface area contributed by atoms with E-state index in [1.165, 1.54) is 0 Å². The zero-order valence-electron chi connectivity index (χ0n) is 12.8. The highest BCUT2D eigenvalue weighted by Crippen LogP contribution is 2.26. The Morgan fingerprint density at radius 1 is 1.14 bits per heavy atom. The molecular weight excluding hydrogens is 296 g/mol. The molecule has 3 aromatic rings. The third kappa shape index (κ3) is 2.95. The number of ether oxygens (including phenoxy) is 1. The predicted octanol–water partition coefficient (Wildman–Crippen LogP) is 5.24. The molecule has 0 saturated carbocycles. The van der Waals surface area contributed by atoms with Crippen LogP contribution in [0.3, 0.4) is 0 Å². The van der Waals surface area contributed by atoms with Gasteiger partial charge in [-0.2, -0.15) is 0 Å². The molecule has 0 radical (unpaired) electrons. The van der Waals surface area contributed by atoms with Gasteiger partial charge in [-0.3, -0.25) is 0 Å². The van der Waals surface area contributed by atoms with Gasteiger partial charge in [-0.15, -0.1) is 0 Å². The molecule has 0 fully saturated rings. The predicted molar refractivity (Wildman–Crippen MR) is 90.5 cm³/mol. The van der Waals surface area contributed by atoms with Gasteiger partial charge in [0.05, 0.1) is 11.0 Å². The lowest BCUT2D eigenvalue weighted by atomic mass is 10.3. The number of fused-ring (bicyclic) bond motifs is 1. The van der Waals surface area contributed by atoms with Crippen molar-refractivity contribution in [1.29, 1.82) is 0 Å². The van der Waals surface area contributed by atoms with Gasteiger partial charge in [-0.25, -0.2) is 4.98 Å². The zero-order valence-corrected chi connectivity index (χ0v) is 13.5. The van der Waals surface area contributed by atoms with Gasteiger partial charge >= 0.3 is 0 Å². The summed E-state index contributed by atoms with van der Waals surface area (Å²) in [6.07, 6.45) is 0.932. The van der Waals surface area contributed by atoms with E-state index in [0.717, 1.165) is 35.6 Å². The molecule has 22 heavy (non-hydrogen) atoms. The maximum absolute atomic E-state index is 6.03. The highest BCUT2D eigenvalue weighted by Gasteiger charge is 2.17. The fourth-order valence-electron chi connectivity index (χ4n) is 2.63. The fraction of sp³-hybridized carbons (Fsp3) is 0.278. The Morgan fingerprint density at radius 3 is 2.59 bits per heavy atom. The van der Waals surface area contributed by atoms with E-state index in [0.29, 0.717) is 5.02 Å². The van der Waals surface area contributed by atoms with Gasteiger partial charge in [-0.1, -0.05) is 30.7 Å². The van der Waals surface area contributed by atoms with E-state index in [1.54, 1.807) is 0 Å². The molecule has 0 saturated heterocycles. The summed E-state index contributed by atoms with van der Waals surface area (Å²) in [7, 11) is 0. The fourth-order valence-corrected chi connectivity index (χ4v) is 2.76. The third-order valence-corrected chi connectivity index (χ3v) is 3.87. The Kier molecular flexibility index (Phi) is 4.34. The number of para-hydroxylation sites is 2. The molecule has 0 bridgehead atoms. The number of hydrogen-bond acceptors (Lipinski definition) is 2. The SMILES string of the molecule is CCCn1c(C(C)Oc2ccc(Cl)cc2)nc2ccccc21. The van der Waals surface area contributed by atoms with Crippen molar-refractivity contribution in [2.24, 2.45) is 0 Å². The van der Waals surface area contributed by atoms with Crippen molar-refractivity contribution in [3.8, 4) is 5.75 Å². The Balaban J connectivity index is 1.94. The van der Waals surface area contributed by atoms with E-state index in [4.69, 9.17) is 21.3 Å². The van der Waals surface area contributed by atoms with E-state index in [9.17, 15) is 0 Å². The van der Waals surface area contributed by atoms with Crippen LogP contribution in [0.1, 0.15) is 32.2 Å². The number of hydrogen-bond donors (Lipinski definition) is 0. The van der Waals surface area contributed by atoms with Crippen LogP contribution in [-0.4, -0.2) is 9.55 Å². The first-order valence-corrected chi connectivity index (χ1v) is 7.94. The van der Waals surface area contributed by atoms with Gasteiger partial charge in [0.1, 0.15) is 5.75 Å². The standard InChI is InChI=1S/C18H19ClN2O/c1-3-12-21-17-7-5-4-6-16(17)20-18(21)13(2)22-15-10-8-14(19)9-11-15/h4-11,13H,3,12H2,1-2H3. The van der Waals surface area contributed by atoms with Gasteiger partial charge < -0.3 is 9.30 Å². The monoisotopic (exact) mass is 314 g/mol. The summed E-state index contributed by atoms with van der Waals surface area (Å²) < 4.78 is 8.28. The molecule has 3 rings (SSSR count). The molecule has 1 unspecified atom stereocenters. The number of aromatic nitrogens is 2. The van der Waals surface area contributed by atoms with Crippen LogP contribution in [-0.2, 0) is 6.54 Å². The number of halogens is 1. The largest absolute Gasteiger partial charge is 0.483 e. The molecule has 0 aliphatic rings. The van der Waals surface area contributed by atoms with Crippen molar-refractivity contribution >= 4 is 22.6 Å². The highest BCUT2D eigenvalue weighted by atomic mass is 35.5. The smallest absolute Gasteiger partial charge is 0.153 e. The number of benzene rings is 2. The van der Waals surface area contributed by atoms with Gasteiger partial charge in [0.25, 0.3) is 0 Å². The van der Waals surface area contributed by atoms with Crippen molar-refractivity contribution in [3.63, 3.8) is 0 Å². The summed E-state index contributed by atoms with van der Waals surface area (Å²) in [6, 6.07) is 15.6. The molecule has 0 aliphatic carbocycles. The lowest BCUT2D eigenvalue weighted by molar-refractivity contribution is 0.211. The number of nitrogens with zero attached hydrogens (tertiary/aromatic N) is 2. The van der Waals surface area contributed by atoms with E-state index in [2.05, 4.69) is 17.6 Å². The molecule has 1 aromatic heterocycles. The first-order valence-electron chi connectivity index (χ1n) is 7.56. The first-order chi connectivity index (χ1) is 10.7. The summed E-state index contributed by atoms with van der Waals surface area (Å²) in [5, 5.41) is 0.707. The van der Waals surface area contributed by atoms with Crippen molar-refractivity contribution in [2.45, 2.75) is 32.9 Å². The Labute approximate surface area is 135 Å². The molecule has 3 nitrogen and oxygen atoms in total. The van der Waals surface area contributed by atoms with Crippen LogP contribution < -0.4 is 4.74 Å². The van der Waals surface area contributed by atoms with Crippen LogP contribution >= 0.6 is 11.6 Å². The van der Waals surface area contributed by atoms with Crippen LogP contribution in [0.15, 0.2) is 48.5 Å². The topological polar surface area (TPSA) is 27.1 Å².